The van der Waals surface area contributed by atoms with Crippen LogP contribution in [0.25, 0.3) is 10.9 Å². The minimum absolute atomic E-state index is 0.143. The van der Waals surface area contributed by atoms with Gasteiger partial charge >= 0.3 is 0 Å². The predicted molar refractivity (Wildman–Crippen MR) is 138 cm³/mol. The Labute approximate surface area is 212 Å². The first kappa shape index (κ1) is 24.0. The van der Waals surface area contributed by atoms with E-state index < -0.39 is 0 Å². The number of rotatable bonds is 6. The summed E-state index contributed by atoms with van der Waals surface area (Å²) in [4.78, 5) is 29.1. The molecule has 35 heavy (non-hydrogen) atoms. The van der Waals surface area contributed by atoms with Gasteiger partial charge in [-0.2, -0.15) is 0 Å². The average molecular weight is 541 g/mol. The molecule has 0 unspecified atom stereocenters. The summed E-state index contributed by atoms with van der Waals surface area (Å²) < 4.78 is 13.9. The number of aromatic nitrogens is 1. The highest BCUT2D eigenvalue weighted by molar-refractivity contribution is 9.10. The summed E-state index contributed by atoms with van der Waals surface area (Å²) in [6.45, 7) is 6.86. The summed E-state index contributed by atoms with van der Waals surface area (Å²) in [5.74, 6) is -0.375. The maximum absolute atomic E-state index is 13.5. The molecule has 1 N–H and O–H groups in total. The SMILES string of the molecule is O=C(NCc1ccc(Br)cc1)c1cn(N2CCOCC2)c2ccc(CN3CCOCC3)cc2c1=O. The fraction of sp³-hybridized carbons (Fsp3) is 0.385. The Morgan fingerprint density at radius 2 is 1.57 bits per heavy atom. The molecule has 5 rings (SSSR count). The first-order valence-corrected chi connectivity index (χ1v) is 12.7. The molecule has 0 aliphatic carbocycles. The molecule has 1 amide bonds. The predicted octanol–water partition coefficient (Wildman–Crippen LogP) is 2.49. The number of carbonyl (C=O) groups is 1. The Morgan fingerprint density at radius 1 is 0.914 bits per heavy atom. The minimum atomic E-state index is -0.375. The zero-order chi connectivity index (χ0) is 24.2. The Morgan fingerprint density at radius 3 is 2.29 bits per heavy atom. The van der Waals surface area contributed by atoms with Crippen LogP contribution in [0.15, 0.2) is 57.9 Å². The van der Waals surface area contributed by atoms with Crippen molar-refractivity contribution < 1.29 is 14.3 Å². The highest BCUT2D eigenvalue weighted by atomic mass is 79.9. The van der Waals surface area contributed by atoms with Crippen LogP contribution >= 0.6 is 15.9 Å². The summed E-state index contributed by atoms with van der Waals surface area (Å²) in [5, 5.41) is 5.60. The smallest absolute Gasteiger partial charge is 0.257 e. The van der Waals surface area contributed by atoms with E-state index in [1.165, 1.54) is 0 Å². The lowest BCUT2D eigenvalue weighted by atomic mass is 10.1. The van der Waals surface area contributed by atoms with E-state index in [0.717, 1.165) is 54.0 Å². The number of halogens is 1. The third-order valence-corrected chi connectivity index (χ3v) is 6.99. The number of morpholine rings is 2. The van der Waals surface area contributed by atoms with Crippen LogP contribution < -0.4 is 15.8 Å². The monoisotopic (exact) mass is 540 g/mol. The van der Waals surface area contributed by atoms with Crippen LogP contribution in [0.2, 0.25) is 0 Å². The van der Waals surface area contributed by atoms with Crippen LogP contribution in [-0.4, -0.2) is 68.1 Å². The maximum atomic E-state index is 13.5. The molecular formula is C26H29BrN4O4. The van der Waals surface area contributed by atoms with Gasteiger partial charge in [0, 0.05) is 42.2 Å². The molecule has 2 fully saturated rings. The van der Waals surface area contributed by atoms with Crippen molar-refractivity contribution in [3.05, 3.63) is 80.0 Å². The van der Waals surface area contributed by atoms with Gasteiger partial charge in [-0.1, -0.05) is 34.1 Å². The number of hydrogen-bond acceptors (Lipinski definition) is 6. The summed E-state index contributed by atoms with van der Waals surface area (Å²) >= 11 is 3.42. The van der Waals surface area contributed by atoms with Gasteiger partial charge in [0.15, 0.2) is 0 Å². The largest absolute Gasteiger partial charge is 0.379 e. The molecular weight excluding hydrogens is 512 g/mol. The van der Waals surface area contributed by atoms with Crippen molar-refractivity contribution in [2.24, 2.45) is 0 Å². The van der Waals surface area contributed by atoms with Crippen molar-refractivity contribution in [3.63, 3.8) is 0 Å². The second-order valence-electron chi connectivity index (χ2n) is 8.83. The van der Waals surface area contributed by atoms with Crippen molar-refractivity contribution in [3.8, 4) is 0 Å². The first-order valence-electron chi connectivity index (χ1n) is 11.9. The number of carbonyl (C=O) groups excluding carboxylic acids is 1. The van der Waals surface area contributed by atoms with E-state index in [1.807, 2.05) is 41.1 Å². The fourth-order valence-electron chi connectivity index (χ4n) is 4.52. The summed E-state index contributed by atoms with van der Waals surface area (Å²) in [6, 6.07) is 13.7. The Balaban J connectivity index is 1.48. The van der Waals surface area contributed by atoms with Crippen LogP contribution in [0.4, 0.5) is 0 Å². The van der Waals surface area contributed by atoms with Gasteiger partial charge in [-0.15, -0.1) is 0 Å². The van der Waals surface area contributed by atoms with E-state index in [-0.39, 0.29) is 16.9 Å². The molecule has 9 heteroatoms. The van der Waals surface area contributed by atoms with E-state index in [0.29, 0.717) is 38.2 Å². The second-order valence-corrected chi connectivity index (χ2v) is 9.75. The lowest BCUT2D eigenvalue weighted by Gasteiger charge is -2.32. The molecule has 0 radical (unpaired) electrons. The molecule has 0 atom stereocenters. The molecule has 3 heterocycles. The lowest BCUT2D eigenvalue weighted by Crippen LogP contribution is -2.45. The summed E-state index contributed by atoms with van der Waals surface area (Å²) in [5.41, 5.74) is 2.71. The number of nitrogens with one attached hydrogen (secondary N) is 1. The van der Waals surface area contributed by atoms with Gasteiger partial charge in [0.25, 0.3) is 5.91 Å². The third-order valence-electron chi connectivity index (χ3n) is 6.46. The molecule has 1 aromatic heterocycles. The van der Waals surface area contributed by atoms with Crippen molar-refractivity contribution in [1.82, 2.24) is 14.9 Å². The van der Waals surface area contributed by atoms with Gasteiger partial charge in [-0.25, -0.2) is 0 Å². The van der Waals surface area contributed by atoms with Crippen molar-refractivity contribution >= 4 is 32.7 Å². The summed E-state index contributed by atoms with van der Waals surface area (Å²) in [7, 11) is 0. The van der Waals surface area contributed by atoms with Gasteiger partial charge in [-0.05, 0) is 35.4 Å². The van der Waals surface area contributed by atoms with Gasteiger partial charge in [-0.3, -0.25) is 19.2 Å². The molecule has 2 saturated heterocycles. The van der Waals surface area contributed by atoms with E-state index in [4.69, 9.17) is 9.47 Å². The van der Waals surface area contributed by atoms with Crippen LogP contribution in [0, 0.1) is 0 Å². The van der Waals surface area contributed by atoms with E-state index in [9.17, 15) is 9.59 Å². The fourth-order valence-corrected chi connectivity index (χ4v) is 4.79. The molecule has 0 bridgehead atoms. The molecule has 2 aliphatic heterocycles. The lowest BCUT2D eigenvalue weighted by molar-refractivity contribution is 0.0342. The van der Waals surface area contributed by atoms with E-state index >= 15 is 0 Å². The highest BCUT2D eigenvalue weighted by Gasteiger charge is 2.20. The zero-order valence-electron chi connectivity index (χ0n) is 19.5. The number of nitrogens with zero attached hydrogens (tertiary/aromatic N) is 3. The molecule has 0 spiro atoms. The summed E-state index contributed by atoms with van der Waals surface area (Å²) in [6.07, 6.45) is 1.68. The highest BCUT2D eigenvalue weighted by Crippen LogP contribution is 2.18. The van der Waals surface area contributed by atoms with Crippen LogP contribution in [0.3, 0.4) is 0 Å². The van der Waals surface area contributed by atoms with E-state index in [2.05, 4.69) is 37.2 Å². The zero-order valence-corrected chi connectivity index (χ0v) is 21.1. The third kappa shape index (κ3) is 5.59. The maximum Gasteiger partial charge on any atom is 0.257 e. The molecule has 8 nitrogen and oxygen atoms in total. The van der Waals surface area contributed by atoms with Crippen LogP contribution in [-0.2, 0) is 22.6 Å². The first-order chi connectivity index (χ1) is 17.1. The topological polar surface area (TPSA) is 76.0 Å². The Hall–Kier alpha value is -2.72. The number of ether oxygens (including phenoxy) is 2. The number of hydrogen-bond donors (Lipinski definition) is 1. The van der Waals surface area contributed by atoms with Crippen LogP contribution in [0.5, 0.6) is 0 Å². The van der Waals surface area contributed by atoms with Gasteiger partial charge in [0.05, 0.1) is 45.0 Å². The van der Waals surface area contributed by atoms with Crippen molar-refractivity contribution in [1.29, 1.82) is 0 Å². The van der Waals surface area contributed by atoms with Crippen molar-refractivity contribution in [2.45, 2.75) is 13.1 Å². The number of amides is 1. The average Bonchev–Trinajstić information content (AvgIpc) is 2.90. The molecule has 3 aromatic rings. The molecule has 0 saturated carbocycles. The van der Waals surface area contributed by atoms with Gasteiger partial charge in [0.1, 0.15) is 5.56 Å². The quantitative estimate of drug-likeness (QED) is 0.517. The van der Waals surface area contributed by atoms with Gasteiger partial charge in [0.2, 0.25) is 5.43 Å². The minimum Gasteiger partial charge on any atom is -0.379 e. The van der Waals surface area contributed by atoms with Crippen molar-refractivity contribution in [2.75, 3.05) is 57.6 Å². The second kappa shape index (κ2) is 10.9. The van der Waals surface area contributed by atoms with Gasteiger partial charge < -0.3 is 19.8 Å². The number of benzene rings is 2. The number of fused-ring (bicyclic) bond motifs is 1. The van der Waals surface area contributed by atoms with Crippen LogP contribution in [0.1, 0.15) is 21.5 Å². The number of pyridine rings is 1. The standard InChI is InChI=1S/C26H29BrN4O4/c27-21-4-1-19(2-5-21)16-28-26(33)23-18-31(30-9-13-35-14-10-30)24-6-3-20(15-22(24)25(23)32)17-29-7-11-34-12-8-29/h1-6,15,18H,7-14,16-17H2,(H,28,33). The molecule has 184 valence electrons. The molecule has 2 aromatic carbocycles. The molecule has 2 aliphatic rings. The normalized spacial score (nSPS) is 17.0. The Bertz CT molecular complexity index is 1250. The van der Waals surface area contributed by atoms with E-state index in [1.54, 1.807) is 6.20 Å². The Kier molecular flexibility index (Phi) is 7.48.